The van der Waals surface area contributed by atoms with E-state index in [9.17, 15) is 18.0 Å². The summed E-state index contributed by atoms with van der Waals surface area (Å²) in [6, 6.07) is 13.4. The number of sulfonamides is 1. The van der Waals surface area contributed by atoms with Crippen molar-refractivity contribution in [2.45, 2.75) is 37.2 Å². The van der Waals surface area contributed by atoms with E-state index in [1.807, 2.05) is 6.07 Å². The molecule has 0 aliphatic heterocycles. The number of rotatable bonds is 6. The van der Waals surface area contributed by atoms with E-state index in [0.717, 1.165) is 0 Å². The van der Waals surface area contributed by atoms with Crippen LogP contribution in [-0.2, 0) is 14.8 Å². The third-order valence-corrected chi connectivity index (χ3v) is 5.51. The predicted molar refractivity (Wildman–Crippen MR) is 112 cm³/mol. The number of amides is 3. The zero-order chi connectivity index (χ0) is 21.7. The fraction of sp³-hybridized carbons (Fsp3) is 0.300. The molecule has 8 nitrogen and oxygen atoms in total. The first-order valence-electron chi connectivity index (χ1n) is 9.00. The Morgan fingerprint density at radius 2 is 1.62 bits per heavy atom. The number of imide groups is 1. The van der Waals surface area contributed by atoms with Gasteiger partial charge in [-0.05, 0) is 44.5 Å². The largest absolute Gasteiger partial charge is 0.370 e. The number of carbonyl (C=O) groups is 2. The van der Waals surface area contributed by atoms with Gasteiger partial charge in [0, 0.05) is 18.3 Å². The van der Waals surface area contributed by atoms with E-state index >= 15 is 0 Å². The van der Waals surface area contributed by atoms with Crippen molar-refractivity contribution < 1.29 is 18.0 Å². The molecule has 3 amide bonds. The highest BCUT2D eigenvalue weighted by Gasteiger charge is 2.24. The molecule has 2 rings (SSSR count). The molecule has 0 saturated heterocycles. The highest BCUT2D eigenvalue weighted by molar-refractivity contribution is 7.89. The lowest BCUT2D eigenvalue weighted by atomic mass is 10.1. The molecule has 1 atom stereocenters. The molecule has 2 aromatic carbocycles. The minimum absolute atomic E-state index is 0.0657. The molecular weight excluding hydrogens is 392 g/mol. The van der Waals surface area contributed by atoms with Gasteiger partial charge >= 0.3 is 6.03 Å². The predicted octanol–water partition coefficient (Wildman–Crippen LogP) is 2.37. The Kier molecular flexibility index (Phi) is 6.99. The van der Waals surface area contributed by atoms with Crippen LogP contribution >= 0.6 is 0 Å². The monoisotopic (exact) mass is 418 g/mol. The van der Waals surface area contributed by atoms with Gasteiger partial charge in [0.05, 0.1) is 4.90 Å². The van der Waals surface area contributed by atoms with Crippen LogP contribution in [0.2, 0.25) is 0 Å². The fourth-order valence-electron chi connectivity index (χ4n) is 2.57. The SMILES string of the molecule is CNC(=O)NC(=O)[C@@H](Nc1cccc(S(=O)(=O)NC(C)(C)C)c1)c1ccccc1. The summed E-state index contributed by atoms with van der Waals surface area (Å²) in [5.41, 5.74) is 0.403. The molecule has 0 aliphatic rings. The Hall–Kier alpha value is -2.91. The number of carbonyl (C=O) groups excluding carboxylic acids is 2. The minimum Gasteiger partial charge on any atom is -0.370 e. The van der Waals surface area contributed by atoms with Crippen molar-refractivity contribution in [2.24, 2.45) is 0 Å². The summed E-state index contributed by atoms with van der Waals surface area (Å²) >= 11 is 0. The summed E-state index contributed by atoms with van der Waals surface area (Å²) in [4.78, 5) is 24.3. The van der Waals surface area contributed by atoms with Crippen LogP contribution in [0.15, 0.2) is 59.5 Å². The second kappa shape index (κ2) is 9.06. The van der Waals surface area contributed by atoms with E-state index < -0.39 is 33.5 Å². The van der Waals surface area contributed by atoms with Crippen LogP contribution in [0.1, 0.15) is 32.4 Å². The van der Waals surface area contributed by atoms with E-state index in [-0.39, 0.29) is 4.90 Å². The zero-order valence-corrected chi connectivity index (χ0v) is 17.6. The van der Waals surface area contributed by atoms with E-state index in [0.29, 0.717) is 11.3 Å². The fourth-order valence-corrected chi connectivity index (χ4v) is 4.04. The molecule has 0 spiro atoms. The van der Waals surface area contributed by atoms with Crippen molar-refractivity contribution >= 4 is 27.6 Å². The molecule has 4 N–H and O–H groups in total. The molecule has 0 unspecified atom stereocenters. The summed E-state index contributed by atoms with van der Waals surface area (Å²) < 4.78 is 27.8. The lowest BCUT2D eigenvalue weighted by molar-refractivity contribution is -0.120. The number of hydrogen-bond donors (Lipinski definition) is 4. The van der Waals surface area contributed by atoms with Gasteiger partial charge in [0.1, 0.15) is 6.04 Å². The highest BCUT2D eigenvalue weighted by Crippen LogP contribution is 2.23. The molecule has 156 valence electrons. The summed E-state index contributed by atoms with van der Waals surface area (Å²) in [6.07, 6.45) is 0. The van der Waals surface area contributed by atoms with Gasteiger partial charge < -0.3 is 10.6 Å². The molecule has 0 fully saturated rings. The van der Waals surface area contributed by atoms with Crippen LogP contribution < -0.4 is 20.7 Å². The van der Waals surface area contributed by atoms with Gasteiger partial charge in [-0.2, -0.15) is 0 Å². The lowest BCUT2D eigenvalue weighted by Gasteiger charge is -2.22. The van der Waals surface area contributed by atoms with Crippen LogP contribution in [0.3, 0.4) is 0 Å². The van der Waals surface area contributed by atoms with Crippen molar-refractivity contribution in [3.8, 4) is 0 Å². The minimum atomic E-state index is -3.74. The Morgan fingerprint density at radius 3 is 2.21 bits per heavy atom. The molecule has 0 heterocycles. The Morgan fingerprint density at radius 1 is 0.966 bits per heavy atom. The van der Waals surface area contributed by atoms with Crippen LogP contribution in [0.25, 0.3) is 0 Å². The molecule has 0 aliphatic carbocycles. The molecule has 0 bridgehead atoms. The normalized spacial score (nSPS) is 12.7. The van der Waals surface area contributed by atoms with E-state index in [1.165, 1.54) is 19.2 Å². The molecule has 0 radical (unpaired) electrons. The molecule has 0 aromatic heterocycles. The maximum Gasteiger partial charge on any atom is 0.321 e. The third-order valence-electron chi connectivity index (χ3n) is 3.75. The standard InChI is InChI=1S/C20H26N4O4S/c1-20(2,3)24-29(27,28)16-12-8-11-15(13-16)22-17(14-9-6-5-7-10-14)18(25)23-19(26)21-4/h5-13,17,22,24H,1-4H3,(H2,21,23,25,26)/t17-/m0/s1. The van der Waals surface area contributed by atoms with Gasteiger partial charge in [0.15, 0.2) is 0 Å². The smallest absolute Gasteiger partial charge is 0.321 e. The van der Waals surface area contributed by atoms with Crippen LogP contribution in [0.4, 0.5) is 10.5 Å². The Labute approximate surface area is 171 Å². The van der Waals surface area contributed by atoms with Crippen LogP contribution in [0.5, 0.6) is 0 Å². The number of urea groups is 1. The summed E-state index contributed by atoms with van der Waals surface area (Å²) in [7, 11) is -2.33. The van der Waals surface area contributed by atoms with E-state index in [2.05, 4.69) is 20.7 Å². The molecule has 2 aromatic rings. The van der Waals surface area contributed by atoms with Crippen molar-refractivity contribution in [3.05, 3.63) is 60.2 Å². The highest BCUT2D eigenvalue weighted by atomic mass is 32.2. The second-order valence-corrected chi connectivity index (χ2v) is 9.12. The third kappa shape index (κ3) is 6.58. The lowest BCUT2D eigenvalue weighted by Crippen LogP contribution is -2.42. The van der Waals surface area contributed by atoms with Crippen LogP contribution in [-0.4, -0.2) is 32.9 Å². The van der Waals surface area contributed by atoms with Crippen molar-refractivity contribution in [2.75, 3.05) is 12.4 Å². The van der Waals surface area contributed by atoms with Crippen molar-refractivity contribution in [1.29, 1.82) is 0 Å². The van der Waals surface area contributed by atoms with Gasteiger partial charge in [0.2, 0.25) is 10.0 Å². The van der Waals surface area contributed by atoms with Gasteiger partial charge in [-0.3, -0.25) is 10.1 Å². The quantitative estimate of drug-likeness (QED) is 0.575. The Balaban J connectivity index is 2.34. The van der Waals surface area contributed by atoms with Gasteiger partial charge in [0.25, 0.3) is 5.91 Å². The average molecular weight is 419 g/mol. The summed E-state index contributed by atoms with van der Waals surface area (Å²) in [6.45, 7) is 5.25. The van der Waals surface area contributed by atoms with Crippen LogP contribution in [0, 0.1) is 0 Å². The van der Waals surface area contributed by atoms with E-state index in [4.69, 9.17) is 0 Å². The molecule has 0 saturated carbocycles. The summed E-state index contributed by atoms with van der Waals surface area (Å²) in [5.74, 6) is -0.573. The zero-order valence-electron chi connectivity index (χ0n) is 16.8. The molecular formula is C20H26N4O4S. The second-order valence-electron chi connectivity index (χ2n) is 7.44. The number of benzene rings is 2. The first kappa shape index (κ1) is 22.4. The van der Waals surface area contributed by atoms with Gasteiger partial charge in [-0.15, -0.1) is 0 Å². The number of nitrogens with one attached hydrogen (secondary N) is 4. The number of anilines is 1. The van der Waals surface area contributed by atoms with Crippen molar-refractivity contribution in [3.63, 3.8) is 0 Å². The maximum absolute atomic E-state index is 12.6. The first-order valence-corrected chi connectivity index (χ1v) is 10.5. The average Bonchev–Trinajstić information content (AvgIpc) is 2.65. The first-order chi connectivity index (χ1) is 13.5. The van der Waals surface area contributed by atoms with Gasteiger partial charge in [-0.25, -0.2) is 17.9 Å². The number of hydrogen-bond acceptors (Lipinski definition) is 5. The Bertz CT molecular complexity index is 969. The molecule has 29 heavy (non-hydrogen) atoms. The summed E-state index contributed by atoms with van der Waals surface area (Å²) in [5, 5.41) is 7.59. The van der Waals surface area contributed by atoms with Gasteiger partial charge in [-0.1, -0.05) is 36.4 Å². The van der Waals surface area contributed by atoms with Crippen molar-refractivity contribution in [1.82, 2.24) is 15.4 Å². The molecule has 9 heteroatoms. The van der Waals surface area contributed by atoms with E-state index in [1.54, 1.807) is 57.2 Å². The maximum atomic E-state index is 12.6. The topological polar surface area (TPSA) is 116 Å².